The van der Waals surface area contributed by atoms with Gasteiger partial charge in [-0.2, -0.15) is 0 Å². The number of ether oxygens (including phenoxy) is 2. The third kappa shape index (κ3) is 4.93. The number of nitrogens with one attached hydrogen (secondary N) is 1. The number of nitrogens with zero attached hydrogens (tertiary/aromatic N) is 2. The van der Waals surface area contributed by atoms with E-state index < -0.39 is 5.54 Å². The van der Waals surface area contributed by atoms with Gasteiger partial charge in [-0.3, -0.25) is 9.78 Å². The summed E-state index contributed by atoms with van der Waals surface area (Å²) in [5, 5.41) is 3.42. The van der Waals surface area contributed by atoms with Crippen LogP contribution in [0.3, 0.4) is 0 Å². The van der Waals surface area contributed by atoms with Crippen LogP contribution in [0, 0.1) is 0 Å². The van der Waals surface area contributed by atoms with E-state index in [0.29, 0.717) is 19.4 Å². The average molecular weight is 485 g/mol. The van der Waals surface area contributed by atoms with Gasteiger partial charge in [-0.1, -0.05) is 30.3 Å². The van der Waals surface area contributed by atoms with Gasteiger partial charge < -0.3 is 25.4 Å². The fourth-order valence-corrected chi connectivity index (χ4v) is 5.06. The molecule has 2 aliphatic rings. The summed E-state index contributed by atoms with van der Waals surface area (Å²) in [6.07, 6.45) is 6.28. The minimum absolute atomic E-state index is 0.291. The lowest BCUT2D eigenvalue weighted by atomic mass is 9.86. The van der Waals surface area contributed by atoms with Gasteiger partial charge in [0.05, 0.1) is 12.8 Å². The Bertz CT molecular complexity index is 1250. The van der Waals surface area contributed by atoms with Gasteiger partial charge in [0.15, 0.2) is 0 Å². The Morgan fingerprint density at radius 3 is 2.69 bits per heavy atom. The molecule has 7 nitrogen and oxygen atoms in total. The number of hydrogen-bond donors (Lipinski definition) is 2. The second kappa shape index (κ2) is 10.4. The number of rotatable bonds is 7. The van der Waals surface area contributed by atoms with E-state index in [2.05, 4.69) is 27.3 Å². The number of benzene rings is 2. The summed E-state index contributed by atoms with van der Waals surface area (Å²) in [6, 6.07) is 19.8. The number of carbonyl (C=O) groups is 1. The maximum Gasteiger partial charge on any atom is 0.243 e. The molecule has 0 radical (unpaired) electrons. The Hall–Kier alpha value is -3.84. The van der Waals surface area contributed by atoms with E-state index in [1.165, 1.54) is 0 Å². The first-order valence-electron chi connectivity index (χ1n) is 12.4. The summed E-state index contributed by atoms with van der Waals surface area (Å²) in [6.45, 7) is 2.93. The van der Waals surface area contributed by atoms with Crippen molar-refractivity contribution >= 4 is 17.2 Å². The van der Waals surface area contributed by atoms with Crippen LogP contribution < -0.4 is 20.5 Å². The molecule has 0 atom stereocenters. The molecule has 1 amide bonds. The molecule has 2 aliphatic heterocycles. The van der Waals surface area contributed by atoms with Gasteiger partial charge in [-0.05, 0) is 61.2 Å². The second-order valence-corrected chi connectivity index (χ2v) is 9.33. The molecule has 7 heteroatoms. The summed E-state index contributed by atoms with van der Waals surface area (Å²) >= 11 is 0. The number of piperidine rings is 1. The molecule has 3 heterocycles. The van der Waals surface area contributed by atoms with Crippen molar-refractivity contribution in [1.29, 1.82) is 0 Å². The van der Waals surface area contributed by atoms with Crippen molar-refractivity contribution < 1.29 is 14.3 Å². The standard InChI is InChI=1S/C29H32N4O3/c1-35-22-11-12-27-25(19-22)23(24-9-5-15-31-26(24)20-36-27)10-6-16-33-17-13-29(14-18-33,28(30)34)32-21-7-3-2-4-8-21/h2-5,7-12,15,19,32H,6,13-14,16-18,20H2,1H3,(H2,30,34). The predicted octanol–water partition coefficient (Wildman–Crippen LogP) is 4.24. The average Bonchev–Trinajstić information content (AvgIpc) is 3.07. The number of fused-ring (bicyclic) bond motifs is 2. The number of carbonyl (C=O) groups excluding carboxylic acids is 1. The van der Waals surface area contributed by atoms with Crippen LogP contribution in [0.2, 0.25) is 0 Å². The maximum atomic E-state index is 12.4. The lowest BCUT2D eigenvalue weighted by Gasteiger charge is -2.40. The summed E-state index contributed by atoms with van der Waals surface area (Å²) in [4.78, 5) is 19.4. The van der Waals surface area contributed by atoms with Gasteiger partial charge in [0.1, 0.15) is 23.6 Å². The number of para-hydroxylation sites is 1. The second-order valence-electron chi connectivity index (χ2n) is 9.33. The van der Waals surface area contributed by atoms with Crippen LogP contribution >= 0.6 is 0 Å². The highest BCUT2D eigenvalue weighted by Crippen LogP contribution is 2.38. The summed E-state index contributed by atoms with van der Waals surface area (Å²) in [5.74, 6) is 1.33. The number of hydrogen-bond acceptors (Lipinski definition) is 6. The summed E-state index contributed by atoms with van der Waals surface area (Å²) < 4.78 is 11.6. The zero-order valence-electron chi connectivity index (χ0n) is 20.6. The largest absolute Gasteiger partial charge is 0.497 e. The lowest BCUT2D eigenvalue weighted by molar-refractivity contribution is -0.123. The molecule has 1 fully saturated rings. The highest BCUT2D eigenvalue weighted by atomic mass is 16.5. The number of amides is 1. The monoisotopic (exact) mass is 484 g/mol. The molecule has 36 heavy (non-hydrogen) atoms. The molecule has 3 N–H and O–H groups in total. The highest BCUT2D eigenvalue weighted by Gasteiger charge is 2.39. The van der Waals surface area contributed by atoms with Gasteiger partial charge in [0, 0.05) is 42.6 Å². The van der Waals surface area contributed by atoms with E-state index in [1.807, 2.05) is 54.6 Å². The normalized spacial score (nSPS) is 17.9. The minimum atomic E-state index is -0.713. The van der Waals surface area contributed by atoms with Crippen LogP contribution in [0.5, 0.6) is 11.5 Å². The molecule has 3 aromatic rings. The SMILES string of the molecule is COc1ccc2c(c1)C(=CCCN1CCC(Nc3ccccc3)(C(N)=O)CC1)c1cccnc1CO2. The number of anilines is 1. The molecule has 186 valence electrons. The van der Waals surface area contributed by atoms with E-state index >= 15 is 0 Å². The van der Waals surface area contributed by atoms with Crippen molar-refractivity contribution in [3.05, 3.63) is 89.8 Å². The first kappa shape index (κ1) is 23.9. The zero-order chi connectivity index (χ0) is 25.0. The summed E-state index contributed by atoms with van der Waals surface area (Å²) in [7, 11) is 1.67. The number of likely N-dealkylation sites (tertiary alicyclic amines) is 1. The number of primary amides is 1. The number of nitrogens with two attached hydrogens (primary N) is 1. The molecule has 5 rings (SSSR count). The Balaban J connectivity index is 1.31. The van der Waals surface area contributed by atoms with Crippen molar-refractivity contribution in [1.82, 2.24) is 9.88 Å². The van der Waals surface area contributed by atoms with Gasteiger partial charge in [0.25, 0.3) is 0 Å². The molecule has 0 aliphatic carbocycles. The Morgan fingerprint density at radius 1 is 1.14 bits per heavy atom. The fraction of sp³-hybridized carbons (Fsp3) is 0.310. The molecule has 2 aromatic carbocycles. The van der Waals surface area contributed by atoms with Crippen molar-refractivity contribution in [3.63, 3.8) is 0 Å². The Labute approximate surface area is 211 Å². The molecule has 0 saturated carbocycles. The van der Waals surface area contributed by atoms with Gasteiger partial charge in [0.2, 0.25) is 5.91 Å². The van der Waals surface area contributed by atoms with E-state index in [0.717, 1.165) is 65.6 Å². The molecular weight excluding hydrogens is 452 g/mol. The van der Waals surface area contributed by atoms with Crippen molar-refractivity contribution in [2.24, 2.45) is 5.73 Å². The highest BCUT2D eigenvalue weighted by molar-refractivity contribution is 5.88. The topological polar surface area (TPSA) is 89.7 Å². The first-order valence-corrected chi connectivity index (χ1v) is 12.4. The predicted molar refractivity (Wildman–Crippen MR) is 141 cm³/mol. The van der Waals surface area contributed by atoms with Crippen molar-refractivity contribution in [2.75, 3.05) is 32.1 Å². The van der Waals surface area contributed by atoms with Crippen LogP contribution in [0.25, 0.3) is 5.57 Å². The molecular formula is C29H32N4O3. The fourth-order valence-electron chi connectivity index (χ4n) is 5.06. The molecule has 0 bridgehead atoms. The third-order valence-corrected chi connectivity index (χ3v) is 7.15. The third-order valence-electron chi connectivity index (χ3n) is 7.15. The molecule has 1 aromatic heterocycles. The Morgan fingerprint density at radius 2 is 1.94 bits per heavy atom. The smallest absolute Gasteiger partial charge is 0.243 e. The van der Waals surface area contributed by atoms with Crippen LogP contribution in [-0.4, -0.2) is 48.1 Å². The van der Waals surface area contributed by atoms with E-state index in [9.17, 15) is 4.79 Å². The molecule has 0 spiro atoms. The van der Waals surface area contributed by atoms with Crippen LogP contribution in [-0.2, 0) is 11.4 Å². The number of pyridine rings is 1. The zero-order valence-corrected chi connectivity index (χ0v) is 20.6. The minimum Gasteiger partial charge on any atom is -0.497 e. The van der Waals surface area contributed by atoms with E-state index in [-0.39, 0.29) is 5.91 Å². The van der Waals surface area contributed by atoms with Crippen LogP contribution in [0.1, 0.15) is 36.1 Å². The number of methoxy groups -OCH3 is 1. The van der Waals surface area contributed by atoms with Crippen molar-refractivity contribution in [3.8, 4) is 11.5 Å². The molecule has 1 saturated heterocycles. The molecule has 0 unspecified atom stereocenters. The van der Waals surface area contributed by atoms with Gasteiger partial charge in [-0.25, -0.2) is 0 Å². The van der Waals surface area contributed by atoms with E-state index in [1.54, 1.807) is 13.3 Å². The quantitative estimate of drug-likeness (QED) is 0.522. The number of aromatic nitrogens is 1. The van der Waals surface area contributed by atoms with Crippen molar-refractivity contribution in [2.45, 2.75) is 31.4 Å². The van der Waals surface area contributed by atoms with Gasteiger partial charge in [-0.15, -0.1) is 0 Å². The maximum absolute atomic E-state index is 12.4. The Kier molecular flexibility index (Phi) is 6.91. The first-order chi connectivity index (χ1) is 17.6. The van der Waals surface area contributed by atoms with Gasteiger partial charge >= 0.3 is 0 Å². The van der Waals surface area contributed by atoms with Crippen LogP contribution in [0.4, 0.5) is 5.69 Å². The van der Waals surface area contributed by atoms with E-state index in [4.69, 9.17) is 15.2 Å². The lowest BCUT2D eigenvalue weighted by Crippen LogP contribution is -2.57. The van der Waals surface area contributed by atoms with Crippen LogP contribution in [0.15, 0.2) is 72.9 Å². The summed E-state index contributed by atoms with van der Waals surface area (Å²) in [5.41, 5.74) is 10.2.